The molecule has 0 aromatic heterocycles. The van der Waals surface area contributed by atoms with Crippen LogP contribution in [-0.4, -0.2) is 107 Å². The molecule has 0 saturated carbocycles. The first kappa shape index (κ1) is 52.1. The van der Waals surface area contributed by atoms with Crippen LogP contribution in [0.25, 0.3) is 0 Å². The predicted octanol–water partition coefficient (Wildman–Crippen LogP) is 7.41. The van der Waals surface area contributed by atoms with Crippen LogP contribution in [0.5, 0.6) is 0 Å². The fraction of sp³-hybridized carbons (Fsp3) is 0.727. The van der Waals surface area contributed by atoms with E-state index in [0.29, 0.717) is 51.4 Å². The summed E-state index contributed by atoms with van der Waals surface area (Å²) in [4.78, 5) is 48.6. The minimum absolute atomic E-state index is 0.119. The number of carbonyl (C=O) groups is 4. The zero-order chi connectivity index (χ0) is 43.7. The molecule has 2 fully saturated rings. The molecule has 2 aliphatic rings. The predicted molar refractivity (Wildman–Crippen MR) is 214 cm³/mol. The van der Waals surface area contributed by atoms with Crippen LogP contribution in [0.2, 0.25) is 0 Å². The van der Waals surface area contributed by atoms with Gasteiger partial charge in [0.2, 0.25) is 0 Å². The molecule has 0 unspecified atom stereocenters. The molecule has 2 saturated heterocycles. The molecule has 0 radical (unpaired) electrons. The van der Waals surface area contributed by atoms with Gasteiger partial charge in [0.25, 0.3) is 11.8 Å². The maximum absolute atomic E-state index is 13.9. The van der Waals surface area contributed by atoms with Crippen molar-refractivity contribution in [1.82, 2.24) is 9.80 Å². The summed E-state index contributed by atoms with van der Waals surface area (Å²) < 4.78 is 64.8. The minimum atomic E-state index is -3.37. The van der Waals surface area contributed by atoms with E-state index >= 15 is 0 Å². The Morgan fingerprint density at radius 1 is 0.672 bits per heavy atom. The summed E-state index contributed by atoms with van der Waals surface area (Å²) in [5.41, 5.74) is 0. The Kier molecular flexibility index (Phi) is 24.9. The van der Waals surface area contributed by atoms with Crippen molar-refractivity contribution in [2.45, 2.75) is 167 Å². The highest BCUT2D eigenvalue weighted by Crippen LogP contribution is 2.36. The third-order valence-corrected chi connectivity index (χ3v) is 10.1. The third kappa shape index (κ3) is 19.2. The second-order valence-corrected chi connectivity index (χ2v) is 15.0. The largest absolute Gasteiger partial charge is 0.469 e. The van der Waals surface area contributed by atoms with Gasteiger partial charge in [-0.25, -0.2) is 0 Å². The van der Waals surface area contributed by atoms with E-state index in [2.05, 4.69) is 33.2 Å². The average molecular weight is 827 g/mol. The molecule has 2 heterocycles. The number of nitrogens with zero attached hydrogens (tertiary/aromatic N) is 2. The standard InChI is InChI=1S/2C22H33F2NO4/c2*1-4-5-8-11-17(2)19(26)14-13-18-16-22(23,24)21(28)25(18)15-10-7-6-9-12-20(27)29-3/h2*13-14,17-19,26H,4,6-7,9-12,15-16H2,1-3H3/b2*14-13+/t17-,18+,19+;17-,18-,19-/m10/s1. The summed E-state index contributed by atoms with van der Waals surface area (Å²) >= 11 is 0. The Morgan fingerprint density at radius 2 is 1.02 bits per heavy atom. The number of rotatable bonds is 22. The van der Waals surface area contributed by atoms with E-state index < -0.39 is 60.8 Å². The molecule has 2 aliphatic heterocycles. The van der Waals surface area contributed by atoms with Gasteiger partial charge in [-0.15, -0.1) is 23.7 Å². The quantitative estimate of drug-likeness (QED) is 0.0380. The number of hydrogen-bond acceptors (Lipinski definition) is 8. The second-order valence-electron chi connectivity index (χ2n) is 15.0. The smallest absolute Gasteiger partial charge is 0.327 e. The van der Waals surface area contributed by atoms with Crippen molar-refractivity contribution in [3.63, 3.8) is 0 Å². The van der Waals surface area contributed by atoms with Gasteiger partial charge in [-0.1, -0.05) is 77.7 Å². The number of ether oxygens (including phenoxy) is 2. The first-order chi connectivity index (χ1) is 27.4. The number of unbranched alkanes of at least 4 members (excludes halogenated alkanes) is 6. The number of alkyl halides is 4. The topological polar surface area (TPSA) is 134 Å². The molecule has 0 aromatic carbocycles. The van der Waals surface area contributed by atoms with Crippen LogP contribution < -0.4 is 0 Å². The number of aliphatic hydroxyl groups excluding tert-OH is 2. The number of halogens is 4. The van der Waals surface area contributed by atoms with Crippen LogP contribution in [-0.2, 0) is 28.7 Å². The average Bonchev–Trinajstić information content (AvgIpc) is 3.55. The molecule has 0 aromatic rings. The SMILES string of the molecule is CCC#CC[C@@H](C)[C@@H](O)/C=C/[C@H]1CC(F)(F)C(=O)N1CCCCCCC(=O)OC.CCC#CC[C@H](C)[C@@H](O)/C=C/[C@H]1CC(F)(F)C(=O)N1CCCCCCC(=O)OC. The first-order valence-electron chi connectivity index (χ1n) is 20.6. The van der Waals surface area contributed by atoms with Crippen molar-refractivity contribution in [2.75, 3.05) is 27.3 Å². The number of amides is 2. The fourth-order valence-corrected chi connectivity index (χ4v) is 6.36. The van der Waals surface area contributed by atoms with Crippen LogP contribution in [0.4, 0.5) is 17.6 Å². The Hall–Kier alpha value is -3.88. The van der Waals surface area contributed by atoms with Gasteiger partial charge in [-0.3, -0.25) is 19.2 Å². The maximum Gasteiger partial charge on any atom is 0.327 e. The number of esters is 2. The Labute approximate surface area is 343 Å². The molecule has 14 heteroatoms. The first-order valence-corrected chi connectivity index (χ1v) is 20.6. The molecule has 6 atom stereocenters. The van der Waals surface area contributed by atoms with Crippen LogP contribution in [0.1, 0.15) is 130 Å². The van der Waals surface area contributed by atoms with Gasteiger partial charge in [0.15, 0.2) is 0 Å². The van der Waals surface area contributed by atoms with Crippen LogP contribution >= 0.6 is 0 Å². The van der Waals surface area contributed by atoms with Crippen LogP contribution in [0.15, 0.2) is 24.3 Å². The van der Waals surface area contributed by atoms with Crippen molar-refractivity contribution in [3.8, 4) is 23.7 Å². The van der Waals surface area contributed by atoms with Gasteiger partial charge in [0.05, 0.1) is 38.5 Å². The van der Waals surface area contributed by atoms with Gasteiger partial charge >= 0.3 is 23.8 Å². The van der Waals surface area contributed by atoms with E-state index in [9.17, 15) is 47.0 Å². The Bertz CT molecular complexity index is 1360. The highest BCUT2D eigenvalue weighted by Gasteiger charge is 2.53. The maximum atomic E-state index is 13.9. The van der Waals surface area contributed by atoms with Crippen LogP contribution in [0.3, 0.4) is 0 Å². The van der Waals surface area contributed by atoms with E-state index in [1.165, 1.54) is 48.3 Å². The summed E-state index contributed by atoms with van der Waals surface area (Å²) in [6.45, 7) is 8.04. The number of likely N-dealkylation sites (tertiary alicyclic amines) is 2. The van der Waals surface area contributed by atoms with Crippen molar-refractivity contribution < 1.29 is 56.4 Å². The fourth-order valence-electron chi connectivity index (χ4n) is 6.36. The molecule has 0 bridgehead atoms. The molecular formula is C44H66F4N2O8. The third-order valence-electron chi connectivity index (χ3n) is 10.1. The monoisotopic (exact) mass is 826 g/mol. The normalized spacial score (nSPS) is 20.4. The summed E-state index contributed by atoms with van der Waals surface area (Å²) in [5, 5.41) is 20.4. The van der Waals surface area contributed by atoms with Gasteiger partial charge in [0.1, 0.15) is 0 Å². The molecule has 2 amide bonds. The lowest BCUT2D eigenvalue weighted by molar-refractivity contribution is -0.148. The summed E-state index contributed by atoms with van der Waals surface area (Å²) in [7, 11) is 2.68. The van der Waals surface area contributed by atoms with Crippen molar-refractivity contribution in [2.24, 2.45) is 11.8 Å². The summed E-state index contributed by atoms with van der Waals surface area (Å²) in [5.74, 6) is 2.00. The lowest BCUT2D eigenvalue weighted by atomic mass is 9.99. The molecular weight excluding hydrogens is 760 g/mol. The van der Waals surface area contributed by atoms with E-state index in [0.717, 1.165) is 38.5 Å². The summed E-state index contributed by atoms with van der Waals surface area (Å²) in [6, 6.07) is -1.45. The van der Waals surface area contributed by atoms with Crippen molar-refractivity contribution in [1.29, 1.82) is 0 Å². The summed E-state index contributed by atoms with van der Waals surface area (Å²) in [6.07, 6.45) is 12.0. The molecule has 0 aliphatic carbocycles. The Balaban J connectivity index is 0.000000580. The highest BCUT2D eigenvalue weighted by atomic mass is 19.3. The van der Waals surface area contributed by atoms with E-state index in [4.69, 9.17) is 0 Å². The molecule has 58 heavy (non-hydrogen) atoms. The zero-order valence-electron chi connectivity index (χ0n) is 35.3. The number of methoxy groups -OCH3 is 2. The van der Waals surface area contributed by atoms with Gasteiger partial charge in [-0.05, 0) is 37.5 Å². The number of carbonyl (C=O) groups excluding carboxylic acids is 4. The second kappa shape index (κ2) is 27.7. The lowest BCUT2D eigenvalue weighted by Gasteiger charge is -2.22. The van der Waals surface area contributed by atoms with Gasteiger partial charge in [0, 0.05) is 64.5 Å². The molecule has 2 rings (SSSR count). The van der Waals surface area contributed by atoms with E-state index in [1.807, 2.05) is 27.7 Å². The highest BCUT2D eigenvalue weighted by molar-refractivity contribution is 5.87. The lowest BCUT2D eigenvalue weighted by Crippen LogP contribution is -2.36. The molecule has 2 N–H and O–H groups in total. The molecule has 328 valence electrons. The molecule has 10 nitrogen and oxygen atoms in total. The minimum Gasteiger partial charge on any atom is -0.469 e. The van der Waals surface area contributed by atoms with E-state index in [-0.39, 0.29) is 36.9 Å². The Morgan fingerprint density at radius 3 is 1.34 bits per heavy atom. The van der Waals surface area contributed by atoms with Crippen molar-refractivity contribution >= 4 is 23.8 Å². The zero-order valence-corrected chi connectivity index (χ0v) is 35.3. The van der Waals surface area contributed by atoms with Gasteiger partial charge < -0.3 is 29.5 Å². The van der Waals surface area contributed by atoms with E-state index in [1.54, 1.807) is 0 Å². The molecule has 0 spiro atoms. The number of hydrogen-bond donors (Lipinski definition) is 2. The van der Waals surface area contributed by atoms with Crippen molar-refractivity contribution in [3.05, 3.63) is 24.3 Å². The van der Waals surface area contributed by atoms with Crippen LogP contribution in [0, 0.1) is 35.5 Å². The number of aliphatic hydroxyl groups is 2. The van der Waals surface area contributed by atoms with Gasteiger partial charge in [-0.2, -0.15) is 17.6 Å².